The largest absolute Gasteiger partial charge is 1.00 e. The summed E-state index contributed by atoms with van der Waals surface area (Å²) in [5.41, 5.74) is 5.44. The van der Waals surface area contributed by atoms with Crippen LogP contribution >= 0.6 is 0 Å². The molecule has 0 heterocycles. The van der Waals surface area contributed by atoms with Gasteiger partial charge in [-0.1, -0.05) is 27.7 Å². The second-order valence-corrected chi connectivity index (χ2v) is 4.05. The van der Waals surface area contributed by atoms with Crippen LogP contribution < -0.4 is 24.8 Å². The fraction of sp³-hybridized carbons (Fsp3) is 0.400. The first-order valence-electron chi connectivity index (χ1n) is 5.42. The van der Waals surface area contributed by atoms with Crippen LogP contribution in [-0.4, -0.2) is 4.21 Å². The van der Waals surface area contributed by atoms with E-state index in [0.717, 1.165) is 12.8 Å². The minimum absolute atomic E-state index is 0. The molecule has 0 aromatic heterocycles. The number of halogens is 2. The molecule has 2 aliphatic rings. The quantitative estimate of drug-likeness (QED) is 0.444. The Bertz CT molecular complexity index is 316. The zero-order chi connectivity index (χ0) is 12.6. The van der Waals surface area contributed by atoms with E-state index in [1.165, 1.54) is 46.5 Å². The first kappa shape index (κ1) is 23.4. The van der Waals surface area contributed by atoms with E-state index in [2.05, 4.69) is 56.2 Å². The van der Waals surface area contributed by atoms with E-state index in [1.807, 2.05) is 0 Å². The fourth-order valence-corrected chi connectivity index (χ4v) is 1.50. The van der Waals surface area contributed by atoms with E-state index in [9.17, 15) is 0 Å². The average Bonchev–Trinajstić information content (AvgIpc) is 2.80. The minimum Gasteiger partial charge on any atom is -1.00 e. The van der Waals surface area contributed by atoms with Gasteiger partial charge in [0.05, 0.1) is 0 Å². The Morgan fingerprint density at radius 3 is 1.17 bits per heavy atom. The number of allylic oxidation sites excluding steroid dienone is 8. The second kappa shape index (κ2) is 13.7. The molecule has 0 N–H and O–H groups in total. The Balaban J connectivity index is -0.000000200. The summed E-state index contributed by atoms with van der Waals surface area (Å²) in [6.07, 6.45) is 12.8. The van der Waals surface area contributed by atoms with Gasteiger partial charge in [-0.25, -0.2) is 23.3 Å². The Morgan fingerprint density at radius 2 is 1.11 bits per heavy atom. The van der Waals surface area contributed by atoms with Crippen molar-refractivity contribution in [1.82, 2.24) is 0 Å². The molecule has 0 amide bonds. The van der Waals surface area contributed by atoms with Crippen molar-refractivity contribution >= 4 is 4.21 Å². The third kappa shape index (κ3) is 11.4. The predicted octanol–water partition coefficient (Wildman–Crippen LogP) is -1.86. The van der Waals surface area contributed by atoms with Crippen molar-refractivity contribution in [3.05, 3.63) is 46.6 Å². The Hall–Kier alpha value is 0.293. The molecule has 0 atom stereocenters. The summed E-state index contributed by atoms with van der Waals surface area (Å²) in [5.74, 6) is 0. The van der Waals surface area contributed by atoms with Gasteiger partial charge in [-0.2, -0.15) is 11.1 Å². The van der Waals surface area contributed by atoms with Gasteiger partial charge < -0.3 is 24.8 Å². The van der Waals surface area contributed by atoms with Crippen LogP contribution in [0.25, 0.3) is 0 Å². The topological polar surface area (TPSA) is 0 Å². The molecule has 0 unspecified atom stereocenters. The molecule has 0 radical (unpaired) electrons. The molecule has 0 aromatic carbocycles. The van der Waals surface area contributed by atoms with Gasteiger partial charge in [-0.3, -0.25) is 12.2 Å². The molecule has 0 nitrogen and oxygen atoms in total. The van der Waals surface area contributed by atoms with Crippen molar-refractivity contribution in [2.45, 2.75) is 40.5 Å². The number of hydrogen-bond acceptors (Lipinski definition) is 0. The van der Waals surface area contributed by atoms with Gasteiger partial charge in [0.15, 0.2) is 0 Å². The van der Waals surface area contributed by atoms with Crippen LogP contribution in [0.4, 0.5) is 0 Å². The summed E-state index contributed by atoms with van der Waals surface area (Å²) < 4.78 is 3.34. The number of rotatable bonds is 0. The third-order valence-electron chi connectivity index (χ3n) is 2.22. The van der Waals surface area contributed by atoms with Crippen LogP contribution in [0.5, 0.6) is 0 Å². The van der Waals surface area contributed by atoms with Crippen molar-refractivity contribution in [2.24, 2.45) is 0 Å². The van der Waals surface area contributed by atoms with Crippen molar-refractivity contribution in [2.75, 3.05) is 0 Å². The molecule has 0 aromatic rings. The average molecular weight is 362 g/mol. The molecule has 2 rings (SSSR count). The summed E-state index contributed by atoms with van der Waals surface area (Å²) in [7, 11) is 0. The molecule has 3 heteroatoms. The molecule has 0 aliphatic heterocycles. The monoisotopic (exact) mass is 360 g/mol. The zero-order valence-corrected chi connectivity index (χ0v) is 15.5. The molecule has 0 spiro atoms. The summed E-state index contributed by atoms with van der Waals surface area (Å²) in [5, 5.41) is 0. The maximum absolute atomic E-state index is 3.34. The van der Waals surface area contributed by atoms with Gasteiger partial charge in [0.1, 0.15) is 0 Å². The van der Waals surface area contributed by atoms with Crippen molar-refractivity contribution < 1.29 is 49.0 Å². The maximum Gasteiger partial charge on any atom is -1.00 e. The van der Waals surface area contributed by atoms with Crippen molar-refractivity contribution in [3.63, 3.8) is 0 Å². The predicted molar refractivity (Wildman–Crippen MR) is 68.7 cm³/mol. The van der Waals surface area contributed by atoms with E-state index < -0.39 is 0 Å². The molecule has 0 fully saturated rings. The number of hydrogen-bond donors (Lipinski definition) is 0. The summed E-state index contributed by atoms with van der Waals surface area (Å²) >= 11 is 1.30. The van der Waals surface area contributed by atoms with E-state index in [1.54, 1.807) is 0 Å². The molecule has 0 saturated heterocycles. The van der Waals surface area contributed by atoms with Crippen molar-refractivity contribution in [1.29, 1.82) is 0 Å². The van der Waals surface area contributed by atoms with Crippen LogP contribution in [0.2, 0.25) is 0 Å². The molecule has 0 saturated carbocycles. The van der Waals surface area contributed by atoms with Crippen LogP contribution in [-0.2, 0) is 24.2 Å². The van der Waals surface area contributed by atoms with Gasteiger partial charge in [-0.15, -0.1) is 12.8 Å². The molecule has 100 valence electrons. The van der Waals surface area contributed by atoms with Gasteiger partial charge >= 0.3 is 28.4 Å². The zero-order valence-electron chi connectivity index (χ0n) is 11.5. The summed E-state index contributed by atoms with van der Waals surface area (Å²) in [6, 6.07) is 0. The molecule has 0 bridgehead atoms. The maximum atomic E-state index is 3.34. The smallest absolute Gasteiger partial charge is 1.00 e. The van der Waals surface area contributed by atoms with Crippen LogP contribution in [0.3, 0.4) is 0 Å². The molecule has 18 heavy (non-hydrogen) atoms. The van der Waals surface area contributed by atoms with Gasteiger partial charge in [0.2, 0.25) is 0 Å². The van der Waals surface area contributed by atoms with E-state index in [0.29, 0.717) is 0 Å². The van der Waals surface area contributed by atoms with Gasteiger partial charge in [-0.05, 0) is 0 Å². The van der Waals surface area contributed by atoms with Gasteiger partial charge in [0.25, 0.3) is 0 Å². The van der Waals surface area contributed by atoms with Crippen molar-refractivity contribution in [3.8, 4) is 0 Å². The first-order chi connectivity index (χ1) is 7.58. The molecular formula is C15H20Cl2Zr-2. The Morgan fingerprint density at radius 1 is 0.833 bits per heavy atom. The summed E-state index contributed by atoms with van der Waals surface area (Å²) in [4.78, 5) is 0. The van der Waals surface area contributed by atoms with Crippen LogP contribution in [0, 0.1) is 12.2 Å². The Labute approximate surface area is 139 Å². The molecule has 2 aliphatic carbocycles. The molecular weight excluding hydrogens is 342 g/mol. The second-order valence-electron chi connectivity index (χ2n) is 4.05. The van der Waals surface area contributed by atoms with E-state index in [-0.39, 0.29) is 24.8 Å². The van der Waals surface area contributed by atoms with Crippen LogP contribution in [0.1, 0.15) is 40.5 Å². The third-order valence-corrected chi connectivity index (χ3v) is 2.22. The SMILES string of the molecule is CC1=[C-]CC(C)=C1.CC1=[C-]CC(C)=C1.[CH2]=[Zr+2].[Cl-].[Cl-]. The van der Waals surface area contributed by atoms with E-state index in [4.69, 9.17) is 0 Å². The Kier molecular flexibility index (Phi) is 17.8. The fourth-order valence-electron chi connectivity index (χ4n) is 1.50. The van der Waals surface area contributed by atoms with Crippen LogP contribution in [0.15, 0.2) is 34.4 Å². The normalized spacial score (nSPS) is 15.2. The first-order valence-corrected chi connectivity index (χ1v) is 7.16. The standard InChI is InChI=1S/2C7H9.CH2.2ClH.Zr/c2*1-6-3-4-7(2)5-6;;;;/h2*5H,3H2,1-2H3;1H2;2*1H;/q2*-1;;;;+2/p-2. The van der Waals surface area contributed by atoms with Gasteiger partial charge in [0, 0.05) is 0 Å². The minimum atomic E-state index is 0. The summed E-state index contributed by atoms with van der Waals surface area (Å²) in [6.45, 7) is 8.42. The van der Waals surface area contributed by atoms with E-state index >= 15 is 0 Å².